The first-order valence-corrected chi connectivity index (χ1v) is 12.5. The van der Waals surface area contributed by atoms with Crippen LogP contribution in [0.2, 0.25) is 0 Å². The van der Waals surface area contributed by atoms with Crippen molar-refractivity contribution in [2.24, 2.45) is 5.41 Å². The zero-order valence-corrected chi connectivity index (χ0v) is 22.0. The molecular weight excluding hydrogens is 531 g/mol. The summed E-state index contributed by atoms with van der Waals surface area (Å²) in [6.45, 7) is 0. The third kappa shape index (κ3) is 5.48. The molecule has 5 aromatic rings. The summed E-state index contributed by atoms with van der Waals surface area (Å²) >= 11 is 0. The molecule has 1 fully saturated rings. The van der Waals surface area contributed by atoms with Crippen LogP contribution in [0.25, 0.3) is 22.0 Å². The molecule has 0 bridgehead atoms. The molecule has 0 atom stereocenters. The van der Waals surface area contributed by atoms with Crippen molar-refractivity contribution in [3.8, 4) is 22.6 Å². The van der Waals surface area contributed by atoms with Gasteiger partial charge in [-0.2, -0.15) is 0 Å². The number of fused-ring (bicyclic) bond motifs is 1. The number of amides is 2. The average molecular weight is 555 g/mol. The Balaban J connectivity index is 0.00000323. The van der Waals surface area contributed by atoms with Crippen molar-refractivity contribution >= 4 is 46.5 Å². The highest BCUT2D eigenvalue weighted by Gasteiger charge is 2.56. The van der Waals surface area contributed by atoms with E-state index in [1.807, 2.05) is 36.5 Å². The number of carbonyl (C=O) groups is 2. The Morgan fingerprint density at radius 1 is 0.800 bits per heavy atom. The van der Waals surface area contributed by atoms with Crippen LogP contribution >= 0.6 is 12.4 Å². The molecule has 1 aliphatic carbocycles. The SMILES string of the molecule is Cl.O=C(Nc1ccc(F)cc1)C1(C(=O)Nc2ccc(Oc3ccnc4cc(-c5cccnc5)ccc34)cc2)CC1. The fourth-order valence-corrected chi connectivity index (χ4v) is 4.37. The van der Waals surface area contributed by atoms with Crippen molar-refractivity contribution in [1.29, 1.82) is 0 Å². The van der Waals surface area contributed by atoms with Gasteiger partial charge in [0.2, 0.25) is 11.8 Å². The number of benzene rings is 3. The maximum atomic E-state index is 13.1. The third-order valence-corrected chi connectivity index (χ3v) is 6.76. The predicted molar refractivity (Wildman–Crippen MR) is 154 cm³/mol. The van der Waals surface area contributed by atoms with Gasteiger partial charge in [-0.25, -0.2) is 4.39 Å². The second-order valence-electron chi connectivity index (χ2n) is 9.41. The molecule has 1 saturated carbocycles. The van der Waals surface area contributed by atoms with Crippen LogP contribution in [0, 0.1) is 11.2 Å². The Morgan fingerprint density at radius 3 is 2.10 bits per heavy atom. The standard InChI is InChI=1S/C31H23FN4O3.ClH/c32-22-4-6-23(7-5-22)35-29(37)31(14-15-31)30(38)36-24-8-10-25(11-9-24)39-28-13-17-34-27-18-20(3-12-26(27)28)21-2-1-16-33-19-21;/h1-13,16-19H,14-15H2,(H,35,37)(H,36,38);1H. The van der Waals surface area contributed by atoms with Crippen LogP contribution in [-0.4, -0.2) is 21.8 Å². The van der Waals surface area contributed by atoms with Crippen molar-refractivity contribution < 1.29 is 18.7 Å². The van der Waals surface area contributed by atoms with E-state index in [1.54, 1.807) is 42.7 Å². The number of hydrogen-bond donors (Lipinski definition) is 2. The molecule has 2 amide bonds. The molecule has 7 nitrogen and oxygen atoms in total. The average Bonchev–Trinajstić information content (AvgIpc) is 3.78. The van der Waals surface area contributed by atoms with Crippen LogP contribution in [0.4, 0.5) is 15.8 Å². The van der Waals surface area contributed by atoms with E-state index >= 15 is 0 Å². The van der Waals surface area contributed by atoms with Gasteiger partial charge in [0, 0.05) is 40.9 Å². The van der Waals surface area contributed by atoms with Gasteiger partial charge in [0.05, 0.1) is 5.52 Å². The van der Waals surface area contributed by atoms with E-state index in [1.165, 1.54) is 24.3 Å². The third-order valence-electron chi connectivity index (χ3n) is 6.76. The molecule has 0 saturated heterocycles. The van der Waals surface area contributed by atoms with Crippen LogP contribution < -0.4 is 15.4 Å². The van der Waals surface area contributed by atoms with Gasteiger partial charge in [0.25, 0.3) is 0 Å². The molecule has 0 unspecified atom stereocenters. The van der Waals surface area contributed by atoms with Crippen molar-refractivity contribution in [1.82, 2.24) is 9.97 Å². The molecule has 1 aliphatic rings. The van der Waals surface area contributed by atoms with Crippen LogP contribution in [0.3, 0.4) is 0 Å². The highest BCUT2D eigenvalue weighted by atomic mass is 35.5. The first-order chi connectivity index (χ1) is 19.0. The fourth-order valence-electron chi connectivity index (χ4n) is 4.37. The molecule has 0 spiro atoms. The maximum Gasteiger partial charge on any atom is 0.240 e. The number of rotatable bonds is 7. The number of aromatic nitrogens is 2. The Hall–Kier alpha value is -4.82. The molecule has 200 valence electrons. The van der Waals surface area contributed by atoms with E-state index in [2.05, 4.69) is 20.6 Å². The molecule has 3 aromatic carbocycles. The van der Waals surface area contributed by atoms with E-state index in [0.29, 0.717) is 35.7 Å². The van der Waals surface area contributed by atoms with Crippen molar-refractivity contribution in [3.05, 3.63) is 109 Å². The molecule has 0 radical (unpaired) electrons. The number of halogens is 2. The number of nitrogens with one attached hydrogen (secondary N) is 2. The van der Waals surface area contributed by atoms with Crippen LogP contribution in [0.1, 0.15) is 12.8 Å². The molecular formula is C31H24ClFN4O3. The molecule has 2 heterocycles. The number of ether oxygens (including phenoxy) is 1. The van der Waals surface area contributed by atoms with Gasteiger partial charge < -0.3 is 15.4 Å². The lowest BCUT2D eigenvalue weighted by Gasteiger charge is -2.16. The minimum atomic E-state index is -1.13. The van der Waals surface area contributed by atoms with Gasteiger partial charge in [-0.05, 0) is 91.2 Å². The topological polar surface area (TPSA) is 93.2 Å². The molecule has 2 N–H and O–H groups in total. The molecule has 40 heavy (non-hydrogen) atoms. The van der Waals surface area contributed by atoms with E-state index in [0.717, 1.165) is 22.0 Å². The van der Waals surface area contributed by atoms with Gasteiger partial charge >= 0.3 is 0 Å². The predicted octanol–water partition coefficient (Wildman–Crippen LogP) is 7.01. The van der Waals surface area contributed by atoms with Gasteiger partial charge in [-0.15, -0.1) is 12.4 Å². The van der Waals surface area contributed by atoms with E-state index in [-0.39, 0.29) is 18.3 Å². The van der Waals surface area contributed by atoms with Crippen molar-refractivity contribution in [3.63, 3.8) is 0 Å². The zero-order chi connectivity index (χ0) is 26.8. The number of anilines is 2. The van der Waals surface area contributed by atoms with Crippen LogP contribution in [0.15, 0.2) is 104 Å². The van der Waals surface area contributed by atoms with E-state index in [4.69, 9.17) is 4.74 Å². The lowest BCUT2D eigenvalue weighted by atomic mass is 10.0. The summed E-state index contributed by atoms with van der Waals surface area (Å²) in [6, 6.07) is 24.1. The smallest absolute Gasteiger partial charge is 0.240 e. The minimum Gasteiger partial charge on any atom is -0.457 e. The number of nitrogens with zero attached hydrogens (tertiary/aromatic N) is 2. The van der Waals surface area contributed by atoms with Gasteiger partial charge in [-0.3, -0.25) is 19.6 Å². The number of hydrogen-bond acceptors (Lipinski definition) is 5. The van der Waals surface area contributed by atoms with Gasteiger partial charge in [0.1, 0.15) is 22.7 Å². The largest absolute Gasteiger partial charge is 0.457 e. The summed E-state index contributed by atoms with van der Waals surface area (Å²) in [4.78, 5) is 34.4. The molecule has 6 rings (SSSR count). The fraction of sp³-hybridized carbons (Fsp3) is 0.0968. The first kappa shape index (κ1) is 26.8. The van der Waals surface area contributed by atoms with Crippen LogP contribution in [0.5, 0.6) is 11.5 Å². The Bertz CT molecular complexity index is 1680. The lowest BCUT2D eigenvalue weighted by molar-refractivity contribution is -0.131. The van der Waals surface area contributed by atoms with Gasteiger partial charge in [-0.1, -0.05) is 12.1 Å². The minimum absolute atomic E-state index is 0. The zero-order valence-electron chi connectivity index (χ0n) is 21.1. The lowest BCUT2D eigenvalue weighted by Crippen LogP contribution is -2.35. The Kier molecular flexibility index (Phi) is 7.44. The maximum absolute atomic E-state index is 13.1. The Labute approximate surface area is 235 Å². The quantitative estimate of drug-likeness (QED) is 0.211. The summed E-state index contributed by atoms with van der Waals surface area (Å²) in [5.41, 5.74) is 2.68. The number of carbonyl (C=O) groups excluding carboxylic acids is 2. The second kappa shape index (κ2) is 11.1. The molecule has 2 aromatic heterocycles. The summed E-state index contributed by atoms with van der Waals surface area (Å²) in [5.74, 6) is 0.0745. The Morgan fingerprint density at radius 2 is 1.48 bits per heavy atom. The molecule has 9 heteroatoms. The van der Waals surface area contributed by atoms with Crippen molar-refractivity contribution in [2.45, 2.75) is 12.8 Å². The summed E-state index contributed by atoms with van der Waals surface area (Å²) < 4.78 is 19.3. The van der Waals surface area contributed by atoms with E-state index in [9.17, 15) is 14.0 Å². The highest BCUT2D eigenvalue weighted by molar-refractivity contribution is 6.16. The molecule has 0 aliphatic heterocycles. The number of pyridine rings is 2. The second-order valence-corrected chi connectivity index (χ2v) is 9.41. The summed E-state index contributed by atoms with van der Waals surface area (Å²) in [6.07, 6.45) is 6.15. The highest BCUT2D eigenvalue weighted by Crippen LogP contribution is 2.47. The normalized spacial score (nSPS) is 13.1. The summed E-state index contributed by atoms with van der Waals surface area (Å²) in [5, 5.41) is 6.41. The van der Waals surface area contributed by atoms with Crippen molar-refractivity contribution in [2.75, 3.05) is 10.6 Å². The first-order valence-electron chi connectivity index (χ1n) is 12.5. The van der Waals surface area contributed by atoms with Crippen LogP contribution in [-0.2, 0) is 9.59 Å². The monoisotopic (exact) mass is 554 g/mol. The van der Waals surface area contributed by atoms with Gasteiger partial charge in [0.15, 0.2) is 0 Å². The summed E-state index contributed by atoms with van der Waals surface area (Å²) in [7, 11) is 0. The van der Waals surface area contributed by atoms with E-state index < -0.39 is 17.1 Å².